The molecule has 0 heterocycles. The fraction of sp³-hybridized carbons (Fsp3) is 0. The molecule has 2 rings (SSSR count). The monoisotopic (exact) mass is 326 g/mol. The lowest BCUT2D eigenvalue weighted by Gasteiger charge is -2.08. The molecule has 0 saturated heterocycles. The molecule has 0 radical (unpaired) electrons. The van der Waals surface area contributed by atoms with Crippen molar-refractivity contribution in [3.8, 4) is 0 Å². The van der Waals surface area contributed by atoms with Gasteiger partial charge in [0.1, 0.15) is 11.6 Å². The van der Waals surface area contributed by atoms with Crippen molar-refractivity contribution < 1.29 is 13.6 Å². The standard InChI is InChI=1S/C13H9BrF2N2O/c14-8-2-1-3-11(4-8)17-13(19)18-12-6-9(15)5-10(16)7-12/h1-7H,(H2,17,18,19). The van der Waals surface area contributed by atoms with Crippen LogP contribution in [0.3, 0.4) is 0 Å². The third-order valence-corrected chi connectivity index (χ3v) is 2.70. The molecule has 2 aromatic carbocycles. The number of halogens is 3. The van der Waals surface area contributed by atoms with E-state index in [-0.39, 0.29) is 5.69 Å². The van der Waals surface area contributed by atoms with Crippen LogP contribution < -0.4 is 10.6 Å². The van der Waals surface area contributed by atoms with Crippen LogP contribution in [0.5, 0.6) is 0 Å². The maximum absolute atomic E-state index is 12.9. The van der Waals surface area contributed by atoms with E-state index in [0.717, 1.165) is 22.7 Å². The highest BCUT2D eigenvalue weighted by atomic mass is 79.9. The number of amides is 2. The highest BCUT2D eigenvalue weighted by Crippen LogP contribution is 2.17. The lowest BCUT2D eigenvalue weighted by Crippen LogP contribution is -2.19. The molecule has 0 spiro atoms. The van der Waals surface area contributed by atoms with E-state index in [9.17, 15) is 13.6 Å². The Labute approximate surface area is 116 Å². The Balaban J connectivity index is 2.05. The Morgan fingerprint density at radius 3 is 2.21 bits per heavy atom. The maximum Gasteiger partial charge on any atom is 0.323 e. The van der Waals surface area contributed by atoms with Gasteiger partial charge in [-0.3, -0.25) is 0 Å². The van der Waals surface area contributed by atoms with Crippen molar-refractivity contribution in [1.82, 2.24) is 0 Å². The molecular weight excluding hydrogens is 318 g/mol. The van der Waals surface area contributed by atoms with Gasteiger partial charge in [0.25, 0.3) is 0 Å². The largest absolute Gasteiger partial charge is 0.323 e. The predicted octanol–water partition coefficient (Wildman–Crippen LogP) is 4.37. The van der Waals surface area contributed by atoms with Crippen molar-refractivity contribution in [2.45, 2.75) is 0 Å². The first kappa shape index (κ1) is 13.5. The average molecular weight is 327 g/mol. The summed E-state index contributed by atoms with van der Waals surface area (Å²) in [4.78, 5) is 11.6. The number of rotatable bonds is 2. The average Bonchev–Trinajstić information content (AvgIpc) is 2.26. The van der Waals surface area contributed by atoms with Gasteiger partial charge in [0.05, 0.1) is 0 Å². The summed E-state index contributed by atoms with van der Waals surface area (Å²) in [5.41, 5.74) is 0.605. The molecule has 2 N–H and O–H groups in total. The summed E-state index contributed by atoms with van der Waals surface area (Å²) in [7, 11) is 0. The quantitative estimate of drug-likeness (QED) is 0.845. The molecule has 98 valence electrons. The van der Waals surface area contributed by atoms with Crippen LogP contribution in [0.4, 0.5) is 25.0 Å². The molecule has 6 heteroatoms. The Bertz CT molecular complexity index is 599. The van der Waals surface area contributed by atoms with Gasteiger partial charge in [-0.15, -0.1) is 0 Å². The first-order valence-corrected chi connectivity index (χ1v) is 6.12. The van der Waals surface area contributed by atoms with Gasteiger partial charge in [-0.25, -0.2) is 13.6 Å². The van der Waals surface area contributed by atoms with E-state index in [1.807, 2.05) is 6.07 Å². The highest BCUT2D eigenvalue weighted by Gasteiger charge is 2.05. The molecule has 0 unspecified atom stereocenters. The molecule has 0 aromatic heterocycles. The Hall–Kier alpha value is -1.95. The molecule has 3 nitrogen and oxygen atoms in total. The second kappa shape index (κ2) is 5.79. The number of carbonyl (C=O) groups is 1. The maximum atomic E-state index is 12.9. The molecule has 2 amide bonds. The van der Waals surface area contributed by atoms with Gasteiger partial charge in [0.2, 0.25) is 0 Å². The van der Waals surface area contributed by atoms with E-state index < -0.39 is 17.7 Å². The summed E-state index contributed by atoms with van der Waals surface area (Å²) >= 11 is 3.27. The van der Waals surface area contributed by atoms with E-state index in [2.05, 4.69) is 26.6 Å². The van der Waals surface area contributed by atoms with Crippen molar-refractivity contribution in [3.63, 3.8) is 0 Å². The van der Waals surface area contributed by atoms with Gasteiger partial charge in [-0.05, 0) is 30.3 Å². The summed E-state index contributed by atoms with van der Waals surface area (Å²) < 4.78 is 26.7. The van der Waals surface area contributed by atoms with Crippen LogP contribution in [0.25, 0.3) is 0 Å². The smallest absolute Gasteiger partial charge is 0.308 e. The van der Waals surface area contributed by atoms with Gasteiger partial charge in [0, 0.05) is 21.9 Å². The van der Waals surface area contributed by atoms with Crippen LogP contribution in [0.15, 0.2) is 46.9 Å². The number of hydrogen-bond acceptors (Lipinski definition) is 1. The van der Waals surface area contributed by atoms with E-state index in [0.29, 0.717) is 5.69 Å². The molecule has 2 aromatic rings. The lowest BCUT2D eigenvalue weighted by molar-refractivity contribution is 0.262. The third-order valence-electron chi connectivity index (χ3n) is 2.20. The van der Waals surface area contributed by atoms with Gasteiger partial charge in [-0.1, -0.05) is 22.0 Å². The zero-order valence-corrected chi connectivity index (χ0v) is 11.2. The molecule has 0 atom stereocenters. The molecule has 19 heavy (non-hydrogen) atoms. The Kier molecular flexibility index (Phi) is 4.11. The predicted molar refractivity (Wildman–Crippen MR) is 73.1 cm³/mol. The van der Waals surface area contributed by atoms with E-state index in [1.165, 1.54) is 0 Å². The summed E-state index contributed by atoms with van der Waals surface area (Å²) in [6, 6.07) is 9.17. The fourth-order valence-electron chi connectivity index (χ4n) is 1.49. The Morgan fingerprint density at radius 1 is 0.947 bits per heavy atom. The summed E-state index contributed by atoms with van der Waals surface area (Å²) in [6.45, 7) is 0. The van der Waals surface area contributed by atoms with Crippen molar-refractivity contribution in [2.75, 3.05) is 10.6 Å². The highest BCUT2D eigenvalue weighted by molar-refractivity contribution is 9.10. The zero-order valence-electron chi connectivity index (χ0n) is 9.58. The molecule has 0 aliphatic heterocycles. The number of urea groups is 1. The number of nitrogens with one attached hydrogen (secondary N) is 2. The van der Waals surface area contributed by atoms with Crippen LogP contribution in [0, 0.1) is 11.6 Å². The lowest BCUT2D eigenvalue weighted by atomic mass is 10.3. The summed E-state index contributed by atoms with van der Waals surface area (Å²) in [6.07, 6.45) is 0. The normalized spacial score (nSPS) is 10.1. The van der Waals surface area contributed by atoms with E-state index in [4.69, 9.17) is 0 Å². The Morgan fingerprint density at radius 2 is 1.58 bits per heavy atom. The van der Waals surface area contributed by atoms with Crippen LogP contribution in [0.1, 0.15) is 0 Å². The third kappa shape index (κ3) is 4.03. The first-order valence-electron chi connectivity index (χ1n) is 5.32. The van der Waals surface area contributed by atoms with Crippen LogP contribution in [-0.2, 0) is 0 Å². The minimum Gasteiger partial charge on any atom is -0.308 e. The second-order valence-electron chi connectivity index (χ2n) is 3.75. The van der Waals surface area contributed by atoms with Crippen LogP contribution in [-0.4, -0.2) is 6.03 Å². The van der Waals surface area contributed by atoms with Crippen molar-refractivity contribution in [2.24, 2.45) is 0 Å². The minimum absolute atomic E-state index is 0.0463. The molecule has 0 fully saturated rings. The fourth-order valence-corrected chi connectivity index (χ4v) is 1.88. The van der Waals surface area contributed by atoms with E-state index in [1.54, 1.807) is 18.2 Å². The first-order chi connectivity index (χ1) is 9.02. The minimum atomic E-state index is -0.752. The molecule has 0 aliphatic rings. The number of carbonyl (C=O) groups excluding carboxylic acids is 1. The number of benzene rings is 2. The van der Waals surface area contributed by atoms with Crippen LogP contribution >= 0.6 is 15.9 Å². The van der Waals surface area contributed by atoms with Crippen molar-refractivity contribution in [1.29, 1.82) is 0 Å². The molecule has 0 bridgehead atoms. The molecular formula is C13H9BrF2N2O. The van der Waals surface area contributed by atoms with Crippen LogP contribution in [0.2, 0.25) is 0 Å². The summed E-state index contributed by atoms with van der Waals surface area (Å²) in [5.74, 6) is -1.50. The van der Waals surface area contributed by atoms with Gasteiger partial charge >= 0.3 is 6.03 Å². The second-order valence-corrected chi connectivity index (χ2v) is 4.66. The summed E-state index contributed by atoms with van der Waals surface area (Å²) in [5, 5.41) is 4.89. The zero-order chi connectivity index (χ0) is 13.8. The van der Waals surface area contributed by atoms with Gasteiger partial charge in [-0.2, -0.15) is 0 Å². The van der Waals surface area contributed by atoms with Crippen molar-refractivity contribution in [3.05, 3.63) is 58.6 Å². The number of anilines is 2. The number of hydrogen-bond donors (Lipinski definition) is 2. The van der Waals surface area contributed by atoms with Gasteiger partial charge in [0.15, 0.2) is 0 Å². The molecule has 0 saturated carbocycles. The SMILES string of the molecule is O=C(Nc1cc(F)cc(F)c1)Nc1cccc(Br)c1. The van der Waals surface area contributed by atoms with Crippen molar-refractivity contribution >= 4 is 33.3 Å². The topological polar surface area (TPSA) is 41.1 Å². The van der Waals surface area contributed by atoms with E-state index >= 15 is 0 Å². The molecule has 0 aliphatic carbocycles. The van der Waals surface area contributed by atoms with Gasteiger partial charge < -0.3 is 10.6 Å².